The third-order valence-electron chi connectivity index (χ3n) is 5.76. The van der Waals surface area contributed by atoms with Crippen molar-refractivity contribution < 1.29 is 23.1 Å². The smallest absolute Gasteiger partial charge is 0.383 e. The summed E-state index contributed by atoms with van der Waals surface area (Å²) in [4.78, 5) is 24.7. The van der Waals surface area contributed by atoms with Crippen LogP contribution in [0.3, 0.4) is 0 Å². The van der Waals surface area contributed by atoms with E-state index < -0.39 is 23.5 Å². The van der Waals surface area contributed by atoms with E-state index >= 15 is 0 Å². The zero-order valence-corrected chi connectivity index (χ0v) is 18.3. The van der Waals surface area contributed by atoms with Crippen molar-refractivity contribution in [1.29, 1.82) is 0 Å². The van der Waals surface area contributed by atoms with Gasteiger partial charge in [-0.25, -0.2) is 14.8 Å². The first-order valence-corrected chi connectivity index (χ1v) is 10.6. The van der Waals surface area contributed by atoms with Crippen LogP contribution in [0.25, 0.3) is 11.1 Å². The summed E-state index contributed by atoms with van der Waals surface area (Å²) in [6, 6.07) is 9.29. The van der Waals surface area contributed by atoms with E-state index in [1.54, 1.807) is 24.4 Å². The van der Waals surface area contributed by atoms with Gasteiger partial charge in [-0.3, -0.25) is 4.98 Å². The molecule has 0 aliphatic carbocycles. The first-order chi connectivity index (χ1) is 16.0. The number of pyridine rings is 1. The van der Waals surface area contributed by atoms with E-state index in [-0.39, 0.29) is 5.95 Å². The van der Waals surface area contributed by atoms with Crippen molar-refractivity contribution in [3.05, 3.63) is 65.7 Å². The molecule has 0 atom stereocenters. The minimum Gasteiger partial charge on any atom is -0.383 e. The van der Waals surface area contributed by atoms with E-state index in [0.717, 1.165) is 29.0 Å². The molecule has 0 unspecified atom stereocenters. The molecule has 178 valence electrons. The number of nitrogens with two attached hydrogens (primary N) is 1. The number of nitrogens with zero attached hydrogens (tertiary/aromatic N) is 4. The number of carbonyl (C=O) groups excluding carboxylic acids is 1. The van der Waals surface area contributed by atoms with E-state index in [0.29, 0.717) is 37.3 Å². The number of carbonyl (C=O) groups is 1. The zero-order valence-electron chi connectivity index (χ0n) is 18.3. The molecular weight excluding hydrogens is 449 g/mol. The maximum Gasteiger partial charge on any atom is 0.433 e. The van der Waals surface area contributed by atoms with Crippen LogP contribution in [-0.2, 0) is 11.8 Å². The number of hydrogen-bond acceptors (Lipinski definition) is 6. The monoisotopic (exact) mass is 472 g/mol. The number of rotatable bonds is 4. The number of aliphatic hydroxyl groups is 1. The number of hydrogen-bond donors (Lipinski definition) is 3. The van der Waals surface area contributed by atoms with Crippen LogP contribution in [0.1, 0.15) is 29.8 Å². The molecular formula is C23H23F3N6O2. The minimum absolute atomic E-state index is 0.163. The Bertz CT molecular complexity index is 1190. The normalized spacial score (nSPS) is 15.7. The van der Waals surface area contributed by atoms with Crippen LogP contribution in [-0.4, -0.2) is 44.1 Å². The lowest BCUT2D eigenvalue weighted by Crippen LogP contribution is -2.47. The highest BCUT2D eigenvalue weighted by Crippen LogP contribution is 2.33. The predicted octanol–water partition coefficient (Wildman–Crippen LogP) is 3.97. The van der Waals surface area contributed by atoms with E-state index in [2.05, 4.69) is 20.3 Å². The SMILES string of the molecule is Cc1cc(Nc2nccc(C(F)(F)F)n2)cc(-c2ccc(C3(O)CCN(C(N)=O)CC3)nc2)c1. The Kier molecular flexibility index (Phi) is 6.13. The average molecular weight is 472 g/mol. The summed E-state index contributed by atoms with van der Waals surface area (Å²) in [6.07, 6.45) is -1.22. The van der Waals surface area contributed by atoms with E-state index in [9.17, 15) is 23.1 Å². The molecule has 11 heteroatoms. The van der Waals surface area contributed by atoms with Crippen molar-refractivity contribution in [2.24, 2.45) is 5.73 Å². The molecule has 8 nitrogen and oxygen atoms in total. The summed E-state index contributed by atoms with van der Waals surface area (Å²) >= 11 is 0. The molecule has 4 rings (SSSR count). The fraction of sp³-hybridized carbons (Fsp3) is 0.304. The van der Waals surface area contributed by atoms with Gasteiger partial charge in [0.15, 0.2) is 0 Å². The van der Waals surface area contributed by atoms with E-state index in [1.165, 1.54) is 4.90 Å². The highest BCUT2D eigenvalue weighted by Gasteiger charge is 2.36. The molecule has 0 spiro atoms. The molecule has 1 aliphatic rings. The quantitative estimate of drug-likeness (QED) is 0.529. The average Bonchev–Trinajstić information content (AvgIpc) is 2.79. The van der Waals surface area contributed by atoms with Gasteiger partial charge in [0.2, 0.25) is 5.95 Å². The molecule has 34 heavy (non-hydrogen) atoms. The van der Waals surface area contributed by atoms with Gasteiger partial charge in [0, 0.05) is 36.7 Å². The number of likely N-dealkylation sites (tertiary alicyclic amines) is 1. The lowest BCUT2D eigenvalue weighted by molar-refractivity contribution is -0.141. The Hall–Kier alpha value is -3.73. The maximum absolute atomic E-state index is 12.9. The number of alkyl halides is 3. The maximum atomic E-state index is 12.9. The summed E-state index contributed by atoms with van der Waals surface area (Å²) in [5, 5.41) is 13.8. The Morgan fingerprint density at radius 1 is 1.12 bits per heavy atom. The molecule has 0 bridgehead atoms. The van der Waals surface area contributed by atoms with Crippen molar-refractivity contribution in [3.8, 4) is 11.1 Å². The van der Waals surface area contributed by atoms with Crippen LogP contribution in [0.5, 0.6) is 0 Å². The summed E-state index contributed by atoms with van der Waals surface area (Å²) in [6.45, 7) is 2.55. The van der Waals surface area contributed by atoms with Gasteiger partial charge >= 0.3 is 12.2 Å². The molecule has 1 aromatic carbocycles. The van der Waals surface area contributed by atoms with Gasteiger partial charge in [0.05, 0.1) is 5.69 Å². The van der Waals surface area contributed by atoms with E-state index in [4.69, 9.17) is 5.73 Å². The van der Waals surface area contributed by atoms with Gasteiger partial charge in [-0.15, -0.1) is 0 Å². The second-order valence-corrected chi connectivity index (χ2v) is 8.26. The number of urea groups is 1. The standard InChI is InChI=1S/C23H23F3N6O2/c1-14-10-16(12-17(11-14)30-21-28-7-4-19(31-21)23(24,25)26)15-2-3-18(29-13-15)22(34)5-8-32(9-6-22)20(27)33/h2-4,7,10-13,34H,5-6,8-9H2,1H3,(H2,27,33)(H,28,30,31). The number of amides is 2. The topological polar surface area (TPSA) is 117 Å². The highest BCUT2D eigenvalue weighted by atomic mass is 19.4. The number of nitrogens with one attached hydrogen (secondary N) is 1. The highest BCUT2D eigenvalue weighted by molar-refractivity contribution is 5.72. The fourth-order valence-corrected chi connectivity index (χ4v) is 3.92. The summed E-state index contributed by atoms with van der Waals surface area (Å²) < 4.78 is 38.8. The lowest BCUT2D eigenvalue weighted by Gasteiger charge is -2.37. The molecule has 4 N–H and O–H groups in total. The number of primary amides is 1. The second kappa shape index (κ2) is 8.90. The van der Waals surface area contributed by atoms with Crippen molar-refractivity contribution >= 4 is 17.7 Å². The molecule has 3 heterocycles. The van der Waals surface area contributed by atoms with Gasteiger partial charge < -0.3 is 21.1 Å². The fourth-order valence-electron chi connectivity index (χ4n) is 3.92. The first-order valence-electron chi connectivity index (χ1n) is 10.6. The molecule has 0 saturated carbocycles. The molecule has 2 aromatic heterocycles. The van der Waals surface area contributed by atoms with Crippen LogP contribution in [0.4, 0.5) is 29.6 Å². The Morgan fingerprint density at radius 2 is 1.85 bits per heavy atom. The molecule has 1 fully saturated rings. The first kappa shape index (κ1) is 23.4. The van der Waals surface area contributed by atoms with Crippen LogP contribution in [0.15, 0.2) is 48.8 Å². The molecule has 2 amide bonds. The third-order valence-corrected chi connectivity index (χ3v) is 5.76. The van der Waals surface area contributed by atoms with Crippen molar-refractivity contribution in [3.63, 3.8) is 0 Å². The van der Waals surface area contributed by atoms with Gasteiger partial charge in [-0.1, -0.05) is 12.1 Å². The van der Waals surface area contributed by atoms with Crippen LogP contribution in [0.2, 0.25) is 0 Å². The third kappa shape index (κ3) is 5.09. The van der Waals surface area contributed by atoms with Crippen molar-refractivity contribution in [2.45, 2.75) is 31.5 Å². The van der Waals surface area contributed by atoms with Gasteiger partial charge in [0.1, 0.15) is 11.3 Å². The number of aryl methyl sites for hydroxylation is 1. The van der Waals surface area contributed by atoms with Crippen molar-refractivity contribution in [2.75, 3.05) is 18.4 Å². The number of halogens is 3. The van der Waals surface area contributed by atoms with Gasteiger partial charge in [-0.2, -0.15) is 13.2 Å². The summed E-state index contributed by atoms with van der Waals surface area (Å²) in [5.41, 5.74) is 6.57. The predicted molar refractivity (Wildman–Crippen MR) is 119 cm³/mol. The Labute approximate surface area is 193 Å². The molecule has 1 aliphatic heterocycles. The number of aromatic nitrogens is 3. The van der Waals surface area contributed by atoms with E-state index in [1.807, 2.05) is 19.1 Å². The largest absolute Gasteiger partial charge is 0.433 e. The zero-order chi connectivity index (χ0) is 24.5. The Balaban J connectivity index is 1.54. The minimum atomic E-state index is -4.56. The molecule has 0 radical (unpaired) electrons. The van der Waals surface area contributed by atoms with Crippen LogP contribution >= 0.6 is 0 Å². The molecule has 3 aromatic rings. The van der Waals surface area contributed by atoms with Crippen LogP contribution in [0, 0.1) is 6.92 Å². The Morgan fingerprint density at radius 3 is 2.47 bits per heavy atom. The van der Waals surface area contributed by atoms with Gasteiger partial charge in [-0.05, 0) is 55.2 Å². The van der Waals surface area contributed by atoms with Crippen molar-refractivity contribution in [1.82, 2.24) is 19.9 Å². The summed E-state index contributed by atoms with van der Waals surface area (Å²) in [7, 11) is 0. The summed E-state index contributed by atoms with van der Waals surface area (Å²) in [5.74, 6) is -0.163. The second-order valence-electron chi connectivity index (χ2n) is 8.26. The number of benzene rings is 1. The van der Waals surface area contributed by atoms with Gasteiger partial charge in [0.25, 0.3) is 0 Å². The number of anilines is 2. The lowest BCUT2D eigenvalue weighted by atomic mass is 9.87. The number of piperidine rings is 1. The van der Waals surface area contributed by atoms with Crippen LogP contribution < -0.4 is 11.1 Å². The molecule has 1 saturated heterocycles.